The van der Waals surface area contributed by atoms with E-state index in [1.807, 2.05) is 39.0 Å². The van der Waals surface area contributed by atoms with E-state index in [9.17, 15) is 9.59 Å². The Morgan fingerprint density at radius 1 is 1.32 bits per heavy atom. The van der Waals surface area contributed by atoms with Gasteiger partial charge in [0.05, 0.1) is 0 Å². The van der Waals surface area contributed by atoms with Crippen LogP contribution >= 0.6 is 15.9 Å². The van der Waals surface area contributed by atoms with Gasteiger partial charge in [-0.25, -0.2) is 0 Å². The lowest BCUT2D eigenvalue weighted by molar-refractivity contribution is -0.132. The Balaban J connectivity index is 2.37. The first-order valence-electron chi connectivity index (χ1n) is 6.26. The van der Waals surface area contributed by atoms with Crippen molar-refractivity contribution in [2.75, 3.05) is 11.4 Å². The third-order valence-corrected chi connectivity index (χ3v) is 3.61. The van der Waals surface area contributed by atoms with Gasteiger partial charge in [0.2, 0.25) is 11.8 Å². The van der Waals surface area contributed by atoms with Gasteiger partial charge >= 0.3 is 0 Å². The Morgan fingerprint density at radius 2 is 2.00 bits per heavy atom. The number of amides is 2. The van der Waals surface area contributed by atoms with Crippen molar-refractivity contribution in [1.82, 2.24) is 5.32 Å². The Hall–Kier alpha value is -1.36. The molecule has 0 spiro atoms. The molecule has 102 valence electrons. The minimum atomic E-state index is -0.444. The summed E-state index contributed by atoms with van der Waals surface area (Å²) in [5, 5.41) is 2.75. The number of carbonyl (C=O) groups excluding carboxylic acids is 2. The van der Waals surface area contributed by atoms with E-state index in [2.05, 4.69) is 21.2 Å². The van der Waals surface area contributed by atoms with Gasteiger partial charge in [-0.3, -0.25) is 9.59 Å². The van der Waals surface area contributed by atoms with Gasteiger partial charge in [0.25, 0.3) is 0 Å². The topological polar surface area (TPSA) is 49.4 Å². The highest BCUT2D eigenvalue weighted by Crippen LogP contribution is 2.25. The summed E-state index contributed by atoms with van der Waals surface area (Å²) in [6.45, 7) is 5.90. The molecule has 0 radical (unpaired) electrons. The molecule has 0 bridgehead atoms. The molecular weight excluding hydrogens is 308 g/mol. The van der Waals surface area contributed by atoms with Crippen LogP contribution in [0.2, 0.25) is 0 Å². The molecular formula is C14H17BrN2O2. The number of nitrogens with one attached hydrogen (secondary N) is 1. The zero-order chi connectivity index (χ0) is 14.2. The van der Waals surface area contributed by atoms with Crippen LogP contribution in [0.3, 0.4) is 0 Å². The van der Waals surface area contributed by atoms with Crippen LogP contribution in [0.5, 0.6) is 0 Å². The van der Waals surface area contributed by atoms with Crippen LogP contribution in [0, 0.1) is 12.8 Å². The lowest BCUT2D eigenvalue weighted by Gasteiger charge is -2.34. The van der Waals surface area contributed by atoms with Gasteiger partial charge in [-0.2, -0.15) is 0 Å². The molecule has 0 saturated carbocycles. The fourth-order valence-electron chi connectivity index (χ4n) is 2.21. The highest BCUT2D eigenvalue weighted by Gasteiger charge is 2.35. The smallest absolute Gasteiger partial charge is 0.250 e. The highest BCUT2D eigenvalue weighted by atomic mass is 79.9. The van der Waals surface area contributed by atoms with Crippen LogP contribution in [0.25, 0.3) is 0 Å². The van der Waals surface area contributed by atoms with E-state index in [4.69, 9.17) is 0 Å². The molecule has 1 aromatic carbocycles. The Kier molecular flexibility index (Phi) is 3.94. The minimum Gasteiger partial charge on any atom is -0.342 e. The van der Waals surface area contributed by atoms with Crippen molar-refractivity contribution < 1.29 is 9.59 Å². The summed E-state index contributed by atoms with van der Waals surface area (Å²) in [7, 11) is 0. The third kappa shape index (κ3) is 2.97. The van der Waals surface area contributed by atoms with E-state index in [0.29, 0.717) is 0 Å². The number of anilines is 1. The van der Waals surface area contributed by atoms with E-state index in [1.54, 1.807) is 4.90 Å². The monoisotopic (exact) mass is 324 g/mol. The number of hydrogen-bond acceptors (Lipinski definition) is 2. The maximum atomic E-state index is 12.4. The quantitative estimate of drug-likeness (QED) is 0.907. The normalized spacial score (nSPS) is 19.8. The maximum absolute atomic E-state index is 12.4. The number of halogens is 1. The molecule has 1 aliphatic heterocycles. The SMILES string of the molecule is Cc1cc(Br)cc(N2CC(=O)NC(C(C)C)C2=O)c1. The van der Waals surface area contributed by atoms with Crippen LogP contribution in [0.4, 0.5) is 5.69 Å². The predicted molar refractivity (Wildman–Crippen MR) is 78.0 cm³/mol. The second-order valence-electron chi connectivity index (χ2n) is 5.20. The Labute approximate surface area is 121 Å². The molecule has 2 rings (SSSR count). The number of carbonyl (C=O) groups is 2. The van der Waals surface area contributed by atoms with Crippen LogP contribution in [0.1, 0.15) is 19.4 Å². The summed E-state index contributed by atoms with van der Waals surface area (Å²) in [6.07, 6.45) is 0. The minimum absolute atomic E-state index is 0.0490. The molecule has 0 aromatic heterocycles. The first-order chi connectivity index (χ1) is 8.88. The lowest BCUT2D eigenvalue weighted by Crippen LogP contribution is -2.60. The summed E-state index contributed by atoms with van der Waals surface area (Å²) < 4.78 is 0.905. The third-order valence-electron chi connectivity index (χ3n) is 3.16. The second kappa shape index (κ2) is 5.33. The van der Waals surface area contributed by atoms with Crippen molar-refractivity contribution >= 4 is 33.4 Å². The van der Waals surface area contributed by atoms with Gasteiger partial charge in [0, 0.05) is 10.2 Å². The second-order valence-corrected chi connectivity index (χ2v) is 6.12. The Bertz CT molecular complexity index is 508. The summed E-state index contributed by atoms with van der Waals surface area (Å²) in [5.74, 6) is -0.0875. The van der Waals surface area contributed by atoms with E-state index in [1.165, 1.54) is 0 Å². The predicted octanol–water partition coefficient (Wildman–Crippen LogP) is 2.24. The van der Waals surface area contributed by atoms with Crippen molar-refractivity contribution in [2.24, 2.45) is 5.92 Å². The molecule has 1 fully saturated rings. The van der Waals surface area contributed by atoms with Crippen LogP contribution in [0.15, 0.2) is 22.7 Å². The fraction of sp³-hybridized carbons (Fsp3) is 0.429. The van der Waals surface area contributed by atoms with Gasteiger partial charge in [-0.05, 0) is 36.6 Å². The van der Waals surface area contributed by atoms with Crippen LogP contribution in [-0.2, 0) is 9.59 Å². The zero-order valence-electron chi connectivity index (χ0n) is 11.2. The summed E-state index contributed by atoms with van der Waals surface area (Å²) in [4.78, 5) is 25.7. The molecule has 5 heteroatoms. The fourth-order valence-corrected chi connectivity index (χ4v) is 2.81. The number of benzene rings is 1. The standard InChI is InChI=1S/C14H17BrN2O2/c1-8(2)13-14(19)17(7-12(18)16-13)11-5-9(3)4-10(15)6-11/h4-6,8,13H,7H2,1-3H3,(H,16,18). The largest absolute Gasteiger partial charge is 0.342 e. The first kappa shape index (κ1) is 14.1. The molecule has 0 aliphatic carbocycles. The van der Waals surface area contributed by atoms with Gasteiger partial charge < -0.3 is 10.2 Å². The Morgan fingerprint density at radius 3 is 2.58 bits per heavy atom. The van der Waals surface area contributed by atoms with Crippen LogP contribution in [-0.4, -0.2) is 24.4 Å². The number of hydrogen-bond donors (Lipinski definition) is 1. The summed E-state index contributed by atoms with van der Waals surface area (Å²) in [6, 6.07) is 5.30. The van der Waals surface area contributed by atoms with Gasteiger partial charge in [-0.1, -0.05) is 29.8 Å². The maximum Gasteiger partial charge on any atom is 0.250 e. The average molecular weight is 325 g/mol. The van der Waals surface area contributed by atoms with E-state index in [0.717, 1.165) is 15.7 Å². The molecule has 4 nitrogen and oxygen atoms in total. The molecule has 1 saturated heterocycles. The number of piperazine rings is 1. The molecule has 2 amide bonds. The summed E-state index contributed by atoms with van der Waals surface area (Å²) in [5.41, 5.74) is 1.81. The van der Waals surface area contributed by atoms with Gasteiger partial charge in [-0.15, -0.1) is 0 Å². The van der Waals surface area contributed by atoms with E-state index >= 15 is 0 Å². The average Bonchev–Trinajstić information content (AvgIpc) is 2.30. The van der Waals surface area contributed by atoms with Crippen molar-refractivity contribution in [3.8, 4) is 0 Å². The van der Waals surface area contributed by atoms with E-state index < -0.39 is 6.04 Å². The molecule has 1 N–H and O–H groups in total. The molecule has 1 heterocycles. The first-order valence-corrected chi connectivity index (χ1v) is 7.05. The van der Waals surface area contributed by atoms with Crippen molar-refractivity contribution in [2.45, 2.75) is 26.8 Å². The number of rotatable bonds is 2. The van der Waals surface area contributed by atoms with Crippen molar-refractivity contribution in [1.29, 1.82) is 0 Å². The molecule has 1 aliphatic rings. The van der Waals surface area contributed by atoms with Gasteiger partial charge in [0.1, 0.15) is 12.6 Å². The summed E-state index contributed by atoms with van der Waals surface area (Å²) >= 11 is 3.42. The van der Waals surface area contributed by atoms with Gasteiger partial charge in [0.15, 0.2) is 0 Å². The molecule has 1 aromatic rings. The molecule has 19 heavy (non-hydrogen) atoms. The zero-order valence-corrected chi connectivity index (χ0v) is 12.8. The highest BCUT2D eigenvalue weighted by molar-refractivity contribution is 9.10. The van der Waals surface area contributed by atoms with Crippen LogP contribution < -0.4 is 10.2 Å². The van der Waals surface area contributed by atoms with E-state index in [-0.39, 0.29) is 24.3 Å². The number of aryl methyl sites for hydroxylation is 1. The van der Waals surface area contributed by atoms with Crippen molar-refractivity contribution in [3.05, 3.63) is 28.2 Å². The number of nitrogens with zero attached hydrogens (tertiary/aromatic N) is 1. The molecule has 1 atom stereocenters. The lowest BCUT2D eigenvalue weighted by atomic mass is 10.00. The molecule has 1 unspecified atom stereocenters. The van der Waals surface area contributed by atoms with Crippen molar-refractivity contribution in [3.63, 3.8) is 0 Å².